The second-order valence-corrected chi connectivity index (χ2v) is 22.6. The number of phosphoric ester groups is 3. The topological polar surface area (TPSA) is 376 Å². The van der Waals surface area contributed by atoms with Crippen molar-refractivity contribution in [1.29, 1.82) is 0 Å². The van der Waals surface area contributed by atoms with Crippen molar-refractivity contribution >= 4 is 69.1 Å². The Kier molecular flexibility index (Phi) is 21.8. The Morgan fingerprint density at radius 3 is 2.22 bits per heavy atom. The molecule has 4 unspecified atom stereocenters. The summed E-state index contributed by atoms with van der Waals surface area (Å²) in [7, 11) is -16.4. The van der Waals surface area contributed by atoms with Crippen LogP contribution in [-0.4, -0.2) is 135 Å². The molecule has 25 nitrogen and oxygen atoms in total. The SMILES string of the molecule is CCCCCCCCCCCCC(C)C1(C(=O)SCCNC(=O)CCNC(=O)[C@H](O)C(C)(C)COP(=O)(O)OP(=O)(O)OC[C@H]2O[C@@H](n3cnc4c(N)ncnc43)[C@H](O)[C@@H]2OP(=O)(O)O)CO1. The highest BCUT2D eigenvalue weighted by atomic mass is 32.2. The molecular formula is C38H66N7O18P3S. The number of nitrogens with two attached hydrogens (primary N) is 1. The highest BCUT2D eigenvalue weighted by molar-refractivity contribution is 8.13. The van der Waals surface area contributed by atoms with Crippen LogP contribution in [0.1, 0.15) is 111 Å². The first-order chi connectivity index (χ1) is 31.4. The van der Waals surface area contributed by atoms with Gasteiger partial charge in [0.05, 0.1) is 26.1 Å². The molecule has 0 spiro atoms. The molecule has 2 aliphatic heterocycles. The lowest BCUT2D eigenvalue weighted by molar-refractivity contribution is -0.137. The number of aromatic nitrogens is 4. The largest absolute Gasteiger partial charge is 0.481 e. The highest BCUT2D eigenvalue weighted by Gasteiger charge is 2.56. The van der Waals surface area contributed by atoms with E-state index < -0.39 is 90.2 Å². The summed E-state index contributed by atoms with van der Waals surface area (Å²) in [6.45, 7) is 5.14. The molecule has 10 N–H and O–H groups in total. The van der Waals surface area contributed by atoms with Gasteiger partial charge in [0.25, 0.3) is 0 Å². The van der Waals surface area contributed by atoms with Gasteiger partial charge in [0, 0.05) is 30.7 Å². The van der Waals surface area contributed by atoms with Gasteiger partial charge in [0.2, 0.25) is 16.9 Å². The van der Waals surface area contributed by atoms with Crippen LogP contribution >= 0.6 is 35.2 Å². The van der Waals surface area contributed by atoms with E-state index in [9.17, 15) is 57.9 Å². The number of ether oxygens (including phenoxy) is 2. The normalized spacial score (nSPS) is 23.6. The molecule has 4 rings (SSSR count). The maximum atomic E-state index is 13.0. The quantitative estimate of drug-likeness (QED) is 0.0288. The lowest BCUT2D eigenvalue weighted by Crippen LogP contribution is -2.46. The van der Waals surface area contributed by atoms with Crippen LogP contribution in [0.4, 0.5) is 5.82 Å². The molecule has 2 saturated heterocycles. The summed E-state index contributed by atoms with van der Waals surface area (Å²) in [5, 5.41) is 26.6. The summed E-state index contributed by atoms with van der Waals surface area (Å²) < 4.78 is 68.2. The zero-order valence-electron chi connectivity index (χ0n) is 38.0. The van der Waals surface area contributed by atoms with Gasteiger partial charge in [-0.1, -0.05) is 104 Å². The number of epoxide rings is 1. The van der Waals surface area contributed by atoms with Crippen molar-refractivity contribution in [3.8, 4) is 0 Å². The molecule has 67 heavy (non-hydrogen) atoms. The maximum Gasteiger partial charge on any atom is 0.481 e. The average molecular weight is 1030 g/mol. The molecule has 0 aromatic carbocycles. The maximum absolute atomic E-state index is 13.0. The van der Waals surface area contributed by atoms with E-state index in [0.717, 1.165) is 48.2 Å². The second kappa shape index (κ2) is 25.6. The molecule has 2 aromatic rings. The van der Waals surface area contributed by atoms with Gasteiger partial charge in [0.15, 0.2) is 23.3 Å². The number of amides is 2. The average Bonchev–Trinajstić information content (AvgIpc) is 3.87. The molecule has 9 atom stereocenters. The van der Waals surface area contributed by atoms with Gasteiger partial charge in [-0.15, -0.1) is 0 Å². The van der Waals surface area contributed by atoms with Crippen LogP contribution in [0.15, 0.2) is 12.7 Å². The number of nitrogens with zero attached hydrogens (tertiary/aromatic N) is 4. The highest BCUT2D eigenvalue weighted by Crippen LogP contribution is 2.61. The number of carbonyl (C=O) groups is 3. The third-order valence-electron chi connectivity index (χ3n) is 11.3. The van der Waals surface area contributed by atoms with E-state index in [1.807, 2.05) is 6.92 Å². The number of phosphoric acid groups is 3. The number of imidazole rings is 1. The number of unbranched alkanes of at least 4 members (excludes halogenated alkanes) is 9. The van der Waals surface area contributed by atoms with E-state index in [4.69, 9.17) is 24.3 Å². The van der Waals surface area contributed by atoms with E-state index in [1.165, 1.54) is 65.2 Å². The summed E-state index contributed by atoms with van der Waals surface area (Å²) in [4.78, 5) is 89.4. The van der Waals surface area contributed by atoms with Gasteiger partial charge in [-0.2, -0.15) is 4.31 Å². The van der Waals surface area contributed by atoms with E-state index in [0.29, 0.717) is 12.4 Å². The number of rotatable bonds is 32. The third kappa shape index (κ3) is 17.7. The van der Waals surface area contributed by atoms with Crippen molar-refractivity contribution in [2.75, 3.05) is 44.4 Å². The van der Waals surface area contributed by atoms with E-state index in [2.05, 4.69) is 41.3 Å². The molecule has 2 aromatic heterocycles. The standard InChI is InChI=1S/C38H66N7O18P3S/c1-5-6-7-8-9-10-11-12-13-14-15-25(2)38(22-58-38)36(50)67-19-18-40-27(46)16-17-41-34(49)31(48)37(3,4)21-60-66(56,57)63-65(54,55)59-20-26-30(62-64(51,52)53)29(47)35(61-26)45-24-44-28-32(39)42-23-43-33(28)45/h23-26,29-31,35,47-48H,5-22H2,1-4H3,(H,40,46)(H,41,49)(H,54,55)(H,56,57)(H2,39,42,43)(H2,51,52,53)/t25?,26-,29-,30-,31+,35-,38?/m1/s1. The number of nitrogen functional groups attached to an aromatic ring is 1. The Labute approximate surface area is 392 Å². The van der Waals surface area contributed by atoms with Crippen LogP contribution in [0.25, 0.3) is 11.2 Å². The summed E-state index contributed by atoms with van der Waals surface area (Å²) in [6.07, 6.45) is 6.34. The monoisotopic (exact) mass is 1030 g/mol. The fourth-order valence-corrected chi connectivity index (χ4v) is 11.0. The molecule has 0 bridgehead atoms. The summed E-state index contributed by atoms with van der Waals surface area (Å²) in [5.74, 6) is -1.03. The van der Waals surface area contributed by atoms with Gasteiger partial charge in [-0.3, -0.25) is 32.5 Å². The first-order valence-electron chi connectivity index (χ1n) is 22.1. The van der Waals surface area contributed by atoms with E-state index in [-0.39, 0.29) is 47.5 Å². The second-order valence-electron chi connectivity index (χ2n) is 17.3. The Morgan fingerprint density at radius 1 is 0.970 bits per heavy atom. The molecule has 0 aliphatic carbocycles. The van der Waals surface area contributed by atoms with Crippen molar-refractivity contribution in [3.05, 3.63) is 12.7 Å². The number of anilines is 1. The number of aliphatic hydroxyl groups is 2. The number of carbonyl (C=O) groups excluding carboxylic acids is 3. The van der Waals surface area contributed by atoms with Gasteiger partial charge >= 0.3 is 23.5 Å². The lowest BCUT2D eigenvalue weighted by atomic mass is 9.87. The molecule has 0 radical (unpaired) electrons. The Bertz CT molecular complexity index is 2090. The van der Waals surface area contributed by atoms with E-state index in [1.54, 1.807) is 0 Å². The minimum Gasteiger partial charge on any atom is -0.386 e. The van der Waals surface area contributed by atoms with Crippen molar-refractivity contribution in [1.82, 2.24) is 30.2 Å². The molecule has 4 heterocycles. The fourth-order valence-electron chi connectivity index (χ4n) is 7.25. The minimum absolute atomic E-state index is 0.0314. The van der Waals surface area contributed by atoms with E-state index >= 15 is 0 Å². The third-order valence-corrected chi connectivity index (χ3v) is 15.4. The number of thioether (sulfide) groups is 1. The molecule has 2 fully saturated rings. The zero-order chi connectivity index (χ0) is 49.6. The first kappa shape index (κ1) is 57.1. The van der Waals surface area contributed by atoms with Gasteiger partial charge in [0.1, 0.15) is 36.3 Å². The van der Waals surface area contributed by atoms with Crippen LogP contribution in [0.5, 0.6) is 0 Å². The summed E-state index contributed by atoms with van der Waals surface area (Å²) >= 11 is 1.10. The first-order valence-corrected chi connectivity index (χ1v) is 27.6. The Hall–Kier alpha value is -2.48. The molecule has 0 saturated carbocycles. The lowest BCUT2D eigenvalue weighted by Gasteiger charge is -2.30. The summed E-state index contributed by atoms with van der Waals surface area (Å²) in [6, 6.07) is 0. The summed E-state index contributed by atoms with van der Waals surface area (Å²) in [5.41, 5.74) is 3.50. The Balaban J connectivity index is 1.13. The molecule has 382 valence electrons. The minimum atomic E-state index is -5.58. The fraction of sp³-hybridized carbons (Fsp3) is 0.789. The molecule has 29 heteroatoms. The van der Waals surface area contributed by atoms with Gasteiger partial charge < -0.3 is 55.6 Å². The van der Waals surface area contributed by atoms with Crippen molar-refractivity contribution in [2.24, 2.45) is 11.3 Å². The number of nitrogens with one attached hydrogen (secondary N) is 2. The number of fused-ring (bicyclic) bond motifs is 1. The molecule has 2 amide bonds. The Morgan fingerprint density at radius 2 is 1.60 bits per heavy atom. The van der Waals surface area contributed by atoms with Crippen LogP contribution < -0.4 is 16.4 Å². The van der Waals surface area contributed by atoms with Crippen molar-refractivity contribution in [2.45, 2.75) is 141 Å². The van der Waals surface area contributed by atoms with Crippen LogP contribution in [0.3, 0.4) is 0 Å². The number of aliphatic hydroxyl groups excluding tert-OH is 2. The van der Waals surface area contributed by atoms with Crippen LogP contribution in [0.2, 0.25) is 0 Å². The van der Waals surface area contributed by atoms with Crippen molar-refractivity contribution < 1.29 is 85.2 Å². The number of hydrogen-bond acceptors (Lipinski definition) is 19. The van der Waals surface area contributed by atoms with Gasteiger partial charge in [-0.25, -0.2) is 28.6 Å². The predicted octanol–water partition coefficient (Wildman–Crippen LogP) is 3.38. The van der Waals surface area contributed by atoms with Crippen LogP contribution in [-0.2, 0) is 55.4 Å². The number of hydrogen-bond donors (Lipinski definition) is 9. The zero-order valence-corrected chi connectivity index (χ0v) is 41.5. The predicted molar refractivity (Wildman–Crippen MR) is 241 cm³/mol. The molecular weight excluding hydrogens is 967 g/mol. The van der Waals surface area contributed by atoms with Crippen LogP contribution in [0, 0.1) is 11.3 Å². The van der Waals surface area contributed by atoms with Gasteiger partial charge in [-0.05, 0) is 12.3 Å². The smallest absolute Gasteiger partial charge is 0.386 e. The molecule has 2 aliphatic rings. The van der Waals surface area contributed by atoms with Crippen molar-refractivity contribution in [3.63, 3.8) is 0 Å².